The highest BCUT2D eigenvalue weighted by molar-refractivity contribution is 7.99. The summed E-state index contributed by atoms with van der Waals surface area (Å²) >= 11 is 3.66. The van der Waals surface area contributed by atoms with E-state index in [2.05, 4.69) is 4.98 Å². The Morgan fingerprint density at radius 3 is 3.08 bits per heavy atom. The summed E-state index contributed by atoms with van der Waals surface area (Å²) < 4.78 is 0. The smallest absolute Gasteiger partial charge is 0.106 e. The first kappa shape index (κ1) is 9.49. The summed E-state index contributed by atoms with van der Waals surface area (Å²) in [6, 6.07) is 0. The molecule has 0 saturated carbocycles. The molecule has 13 heavy (non-hydrogen) atoms. The van der Waals surface area contributed by atoms with Crippen LogP contribution in [0, 0.1) is 0 Å². The van der Waals surface area contributed by atoms with E-state index in [0.717, 1.165) is 4.88 Å². The molecule has 0 aliphatic carbocycles. The van der Waals surface area contributed by atoms with Crippen molar-refractivity contribution in [3.8, 4) is 0 Å². The normalized spacial score (nSPS) is 23.3. The summed E-state index contributed by atoms with van der Waals surface area (Å²) in [6.07, 6.45) is 5.73. The van der Waals surface area contributed by atoms with E-state index in [1.54, 1.807) is 17.5 Å². The van der Waals surface area contributed by atoms with Crippen molar-refractivity contribution in [2.24, 2.45) is 0 Å². The second kappa shape index (κ2) is 4.44. The topological polar surface area (TPSA) is 33.1 Å². The van der Waals surface area contributed by atoms with Gasteiger partial charge < -0.3 is 5.11 Å². The van der Waals surface area contributed by atoms with Crippen molar-refractivity contribution in [3.63, 3.8) is 0 Å². The number of aliphatic hydroxyl groups is 1. The maximum absolute atomic E-state index is 8.91. The molecule has 1 aliphatic heterocycles. The molecular formula is C9H13NOS2. The molecule has 1 aromatic heterocycles. The Morgan fingerprint density at radius 2 is 2.46 bits per heavy atom. The van der Waals surface area contributed by atoms with Crippen LogP contribution >= 0.6 is 23.1 Å². The van der Waals surface area contributed by atoms with Crippen LogP contribution in [0.15, 0.2) is 6.20 Å². The largest absolute Gasteiger partial charge is 0.391 e. The molecule has 2 rings (SSSR count). The number of aromatic nitrogens is 1. The van der Waals surface area contributed by atoms with Crippen molar-refractivity contribution >= 4 is 23.1 Å². The van der Waals surface area contributed by atoms with Crippen LogP contribution in [0.5, 0.6) is 0 Å². The zero-order valence-corrected chi connectivity index (χ0v) is 9.03. The third kappa shape index (κ3) is 2.24. The Bertz CT molecular complexity index is 268. The van der Waals surface area contributed by atoms with Crippen molar-refractivity contribution < 1.29 is 5.11 Å². The molecule has 0 aromatic carbocycles. The molecule has 1 N–H and O–H groups in total. The molecule has 0 bridgehead atoms. The van der Waals surface area contributed by atoms with Gasteiger partial charge in [0.2, 0.25) is 0 Å². The Kier molecular flexibility index (Phi) is 3.24. The predicted molar refractivity (Wildman–Crippen MR) is 57.1 cm³/mol. The minimum absolute atomic E-state index is 0.134. The molecule has 0 spiro atoms. The molecule has 1 fully saturated rings. The third-order valence-corrected chi connectivity index (χ3v) is 4.81. The van der Waals surface area contributed by atoms with Gasteiger partial charge >= 0.3 is 0 Å². The number of nitrogens with zero attached hydrogens (tertiary/aromatic N) is 1. The Morgan fingerprint density at radius 1 is 1.54 bits per heavy atom. The molecule has 72 valence electrons. The second-order valence-electron chi connectivity index (χ2n) is 3.18. The highest BCUT2D eigenvalue weighted by Crippen LogP contribution is 2.39. The average molecular weight is 215 g/mol. The van der Waals surface area contributed by atoms with Crippen LogP contribution in [0.25, 0.3) is 0 Å². The molecular weight excluding hydrogens is 202 g/mol. The van der Waals surface area contributed by atoms with Gasteiger partial charge in [-0.05, 0) is 18.6 Å². The molecule has 2 heterocycles. The zero-order chi connectivity index (χ0) is 9.10. The molecule has 1 aromatic rings. The van der Waals surface area contributed by atoms with Crippen molar-refractivity contribution in [1.82, 2.24) is 4.98 Å². The van der Waals surface area contributed by atoms with E-state index >= 15 is 0 Å². The molecule has 1 atom stereocenters. The number of thiazole rings is 1. The van der Waals surface area contributed by atoms with Crippen LogP contribution in [0.4, 0.5) is 0 Å². The Balaban J connectivity index is 2.05. The molecule has 2 nitrogen and oxygen atoms in total. The van der Waals surface area contributed by atoms with Crippen LogP contribution in [-0.4, -0.2) is 15.8 Å². The van der Waals surface area contributed by atoms with Gasteiger partial charge in [-0.1, -0.05) is 6.42 Å². The number of hydrogen-bond acceptors (Lipinski definition) is 4. The van der Waals surface area contributed by atoms with E-state index in [9.17, 15) is 0 Å². The van der Waals surface area contributed by atoms with Gasteiger partial charge in [-0.2, -0.15) is 11.8 Å². The number of hydrogen-bond donors (Lipinski definition) is 1. The van der Waals surface area contributed by atoms with E-state index in [0.29, 0.717) is 5.25 Å². The van der Waals surface area contributed by atoms with Crippen LogP contribution in [-0.2, 0) is 6.61 Å². The van der Waals surface area contributed by atoms with Gasteiger partial charge in [0.05, 0.1) is 16.7 Å². The van der Waals surface area contributed by atoms with Crippen molar-refractivity contribution in [3.05, 3.63) is 16.1 Å². The predicted octanol–water partition coefficient (Wildman–Crippen LogP) is 2.59. The summed E-state index contributed by atoms with van der Waals surface area (Å²) in [5, 5.41) is 10.7. The lowest BCUT2D eigenvalue weighted by Gasteiger charge is -2.18. The monoisotopic (exact) mass is 215 g/mol. The summed E-state index contributed by atoms with van der Waals surface area (Å²) in [7, 11) is 0. The zero-order valence-electron chi connectivity index (χ0n) is 7.40. The lowest BCUT2D eigenvalue weighted by molar-refractivity contribution is 0.285. The SMILES string of the molecule is OCc1cnc(C2CCCCS2)s1. The van der Waals surface area contributed by atoms with Crippen LogP contribution in [0.3, 0.4) is 0 Å². The summed E-state index contributed by atoms with van der Waals surface area (Å²) in [5.74, 6) is 1.26. The van der Waals surface area contributed by atoms with E-state index in [1.165, 1.54) is 30.0 Å². The Labute approximate surface area is 86.4 Å². The minimum Gasteiger partial charge on any atom is -0.391 e. The summed E-state index contributed by atoms with van der Waals surface area (Å²) in [5.41, 5.74) is 0. The molecule has 0 amide bonds. The lowest BCUT2D eigenvalue weighted by Crippen LogP contribution is -2.01. The molecule has 1 aliphatic rings. The third-order valence-electron chi connectivity index (χ3n) is 2.18. The highest BCUT2D eigenvalue weighted by atomic mass is 32.2. The fourth-order valence-corrected chi connectivity index (χ4v) is 3.81. The van der Waals surface area contributed by atoms with Crippen LogP contribution < -0.4 is 0 Å². The van der Waals surface area contributed by atoms with E-state index in [1.807, 2.05) is 11.8 Å². The first-order valence-corrected chi connectivity index (χ1v) is 6.44. The Hall–Kier alpha value is -0.0600. The maximum atomic E-state index is 8.91. The van der Waals surface area contributed by atoms with E-state index in [4.69, 9.17) is 5.11 Å². The standard InChI is InChI=1S/C9H13NOS2/c11-6-7-5-10-9(13-7)8-3-1-2-4-12-8/h5,8,11H,1-4,6H2. The van der Waals surface area contributed by atoms with Gasteiger partial charge in [-0.3, -0.25) is 0 Å². The fraction of sp³-hybridized carbons (Fsp3) is 0.667. The molecule has 4 heteroatoms. The van der Waals surface area contributed by atoms with Crippen LogP contribution in [0.1, 0.15) is 34.4 Å². The fourth-order valence-electron chi connectivity index (χ4n) is 1.48. The number of rotatable bonds is 2. The van der Waals surface area contributed by atoms with E-state index in [-0.39, 0.29) is 6.61 Å². The second-order valence-corrected chi connectivity index (χ2v) is 5.64. The quantitative estimate of drug-likeness (QED) is 0.823. The number of thioether (sulfide) groups is 1. The average Bonchev–Trinajstić information content (AvgIpc) is 2.67. The van der Waals surface area contributed by atoms with Crippen molar-refractivity contribution in [2.75, 3.05) is 5.75 Å². The van der Waals surface area contributed by atoms with Crippen LogP contribution in [0.2, 0.25) is 0 Å². The van der Waals surface area contributed by atoms with Gasteiger partial charge in [-0.25, -0.2) is 4.98 Å². The van der Waals surface area contributed by atoms with Gasteiger partial charge in [0.1, 0.15) is 5.01 Å². The minimum atomic E-state index is 0.134. The van der Waals surface area contributed by atoms with Gasteiger partial charge in [0.15, 0.2) is 0 Å². The lowest BCUT2D eigenvalue weighted by atomic mass is 10.2. The summed E-state index contributed by atoms with van der Waals surface area (Å²) in [6.45, 7) is 0.134. The molecule has 1 unspecified atom stereocenters. The first-order chi connectivity index (χ1) is 6.40. The highest BCUT2D eigenvalue weighted by Gasteiger charge is 2.18. The maximum Gasteiger partial charge on any atom is 0.106 e. The first-order valence-electron chi connectivity index (χ1n) is 4.57. The van der Waals surface area contributed by atoms with E-state index < -0.39 is 0 Å². The molecule has 1 saturated heterocycles. The van der Waals surface area contributed by atoms with Gasteiger partial charge in [0, 0.05) is 6.20 Å². The van der Waals surface area contributed by atoms with Crippen molar-refractivity contribution in [2.45, 2.75) is 31.1 Å². The van der Waals surface area contributed by atoms with Gasteiger partial charge in [-0.15, -0.1) is 11.3 Å². The molecule has 0 radical (unpaired) electrons. The number of aliphatic hydroxyl groups excluding tert-OH is 1. The summed E-state index contributed by atoms with van der Waals surface area (Å²) in [4.78, 5) is 5.34. The van der Waals surface area contributed by atoms with Crippen molar-refractivity contribution in [1.29, 1.82) is 0 Å². The van der Waals surface area contributed by atoms with Gasteiger partial charge in [0.25, 0.3) is 0 Å².